The minimum atomic E-state index is -1.87. The summed E-state index contributed by atoms with van der Waals surface area (Å²) in [7, 11) is -2.90. The number of aryl methyl sites for hydroxylation is 4. The highest BCUT2D eigenvalue weighted by Crippen LogP contribution is 2.60. The first-order valence-electron chi connectivity index (χ1n) is 26.3. The van der Waals surface area contributed by atoms with Crippen molar-refractivity contribution in [3.05, 3.63) is 202 Å². The van der Waals surface area contributed by atoms with Crippen LogP contribution in [0.15, 0.2) is 166 Å². The topological polar surface area (TPSA) is 35.5 Å². The molecule has 0 N–H and O–H groups in total. The Morgan fingerprint density at radius 1 is 0.472 bits per heavy atom. The van der Waals surface area contributed by atoms with E-state index in [0.29, 0.717) is 0 Å². The highest BCUT2D eigenvalue weighted by atomic mass is 31.1. The summed E-state index contributed by atoms with van der Waals surface area (Å²) in [6.07, 6.45) is 8.86. The molecule has 1 aliphatic heterocycles. The Morgan fingerprint density at radius 3 is 1.35 bits per heavy atom. The monoisotopic (exact) mass is 980 g/mol. The quantitative estimate of drug-likeness (QED) is 0.156. The zero-order valence-corrected chi connectivity index (χ0v) is 45.1. The van der Waals surface area contributed by atoms with Crippen LogP contribution in [0.1, 0.15) is 126 Å². The van der Waals surface area contributed by atoms with Crippen molar-refractivity contribution in [3.63, 3.8) is 0 Å². The summed E-state index contributed by atoms with van der Waals surface area (Å²) >= 11 is 0. The Bertz CT molecular complexity index is 3420. The molecule has 362 valence electrons. The van der Waals surface area contributed by atoms with Crippen LogP contribution >= 0.6 is 15.9 Å². The molecule has 0 bridgehead atoms. The van der Waals surface area contributed by atoms with Crippen molar-refractivity contribution < 1.29 is 13.1 Å². The summed E-state index contributed by atoms with van der Waals surface area (Å²) in [5, 5.41) is 7.31. The van der Waals surface area contributed by atoms with Gasteiger partial charge in [-0.15, -0.1) is 0 Å². The van der Waals surface area contributed by atoms with E-state index in [2.05, 4.69) is 213 Å². The standard InChI is InChI=1S/C67H66O3P2/c1-65(2,3)47-39-55-63(57(41-47)71(49-31-17-11-18-32-49)50-33-19-12-20-34-50)68-64-56(67(55,7)8)40-48(66(4,5)6)42-58(64)72-69-61-53(43-25-13-9-14-26-43)37-45-29-21-23-35-51(45)59(61)60-52-36-24-22-30-46(52)38-54(62(60)70-72)44-27-15-10-16-28-44/h9-20,25-28,31-34,37-42H,21-24,29-30,35-36H2,1-8H3. The zero-order chi connectivity index (χ0) is 49.5. The molecule has 1 aromatic heterocycles. The third-order valence-electron chi connectivity index (χ3n) is 15.9. The maximum absolute atomic E-state index is 8.00. The smallest absolute Gasteiger partial charge is 0.256 e. The van der Waals surface area contributed by atoms with E-state index in [1.165, 1.54) is 95.2 Å². The van der Waals surface area contributed by atoms with Crippen LogP contribution in [0, 0.1) is 0 Å². The summed E-state index contributed by atoms with van der Waals surface area (Å²) in [5.41, 5.74) is 16.4. The molecule has 0 unspecified atom stereocenters. The number of hydrogen-bond acceptors (Lipinski definition) is 3. The normalized spacial score (nSPS) is 15.1. The fourth-order valence-electron chi connectivity index (χ4n) is 11.8. The summed E-state index contributed by atoms with van der Waals surface area (Å²) in [4.78, 5) is 0. The van der Waals surface area contributed by atoms with E-state index >= 15 is 0 Å². The lowest BCUT2D eigenvalue weighted by Crippen LogP contribution is -2.32. The second kappa shape index (κ2) is 18.1. The first-order chi connectivity index (χ1) is 34.7. The van der Waals surface area contributed by atoms with Gasteiger partial charge in [0.25, 0.3) is 8.01 Å². The van der Waals surface area contributed by atoms with Crippen LogP contribution in [0.2, 0.25) is 0 Å². The van der Waals surface area contributed by atoms with Gasteiger partial charge < -0.3 is 13.1 Å². The van der Waals surface area contributed by atoms with E-state index in [-0.39, 0.29) is 10.8 Å². The second-order valence-electron chi connectivity index (χ2n) is 23.1. The molecule has 2 aliphatic carbocycles. The van der Waals surface area contributed by atoms with E-state index < -0.39 is 21.3 Å². The van der Waals surface area contributed by atoms with Gasteiger partial charge in [-0.3, -0.25) is 0 Å². The fraction of sp³-hybridized carbons (Fsp3) is 0.284. The van der Waals surface area contributed by atoms with Crippen LogP contribution in [-0.4, -0.2) is 0 Å². The van der Waals surface area contributed by atoms with E-state index in [4.69, 9.17) is 13.1 Å². The summed E-state index contributed by atoms with van der Waals surface area (Å²) < 4.78 is 23.9. The Hall–Kier alpha value is -6.11. The number of rotatable bonds is 6. The van der Waals surface area contributed by atoms with Gasteiger partial charge in [0.05, 0.1) is 0 Å². The highest BCUT2D eigenvalue weighted by Gasteiger charge is 2.42. The summed E-state index contributed by atoms with van der Waals surface area (Å²) in [6, 6.07) is 58.8. The van der Waals surface area contributed by atoms with Gasteiger partial charge in [-0.25, -0.2) is 0 Å². The van der Waals surface area contributed by atoms with Crippen molar-refractivity contribution in [3.8, 4) is 39.1 Å². The average molecular weight is 981 g/mol. The van der Waals surface area contributed by atoms with Crippen LogP contribution in [0.3, 0.4) is 0 Å². The van der Waals surface area contributed by atoms with Crippen molar-refractivity contribution in [2.75, 3.05) is 0 Å². The largest absolute Gasteiger partial charge is 0.455 e. The van der Waals surface area contributed by atoms with Crippen LogP contribution < -0.4 is 20.7 Å². The van der Waals surface area contributed by atoms with Crippen molar-refractivity contribution in [2.45, 2.75) is 123 Å². The third kappa shape index (κ3) is 8.17. The van der Waals surface area contributed by atoms with Gasteiger partial charge in [0.15, 0.2) is 0 Å². The molecule has 3 aliphatic rings. The molecule has 9 aromatic rings. The Balaban J connectivity index is 1.24. The van der Waals surface area contributed by atoms with Gasteiger partial charge in [0.1, 0.15) is 28.0 Å². The second-order valence-corrected chi connectivity index (χ2v) is 26.6. The molecular formula is C67H66O3P2. The minimum Gasteiger partial charge on any atom is -0.455 e. The van der Waals surface area contributed by atoms with Crippen LogP contribution in [0.25, 0.3) is 49.5 Å². The van der Waals surface area contributed by atoms with Gasteiger partial charge in [0.2, 0.25) is 0 Å². The lowest BCUT2D eigenvalue weighted by atomic mass is 9.72. The molecule has 0 saturated heterocycles. The molecule has 0 radical (unpaired) electrons. The molecule has 3 nitrogen and oxygen atoms in total. The molecule has 2 heterocycles. The predicted octanol–water partition coefficient (Wildman–Crippen LogP) is 18.2. The molecule has 72 heavy (non-hydrogen) atoms. The Morgan fingerprint density at radius 2 is 0.889 bits per heavy atom. The number of benzene rings is 8. The molecule has 12 rings (SSSR count). The summed E-state index contributed by atoms with van der Waals surface area (Å²) in [6.45, 7) is 18.8. The lowest BCUT2D eigenvalue weighted by molar-refractivity contribution is 0.420. The van der Waals surface area contributed by atoms with Crippen molar-refractivity contribution in [2.24, 2.45) is 0 Å². The van der Waals surface area contributed by atoms with Gasteiger partial charge >= 0.3 is 0 Å². The average Bonchev–Trinajstić information content (AvgIpc) is 3.57. The molecule has 8 aromatic carbocycles. The van der Waals surface area contributed by atoms with Crippen molar-refractivity contribution in [1.29, 1.82) is 0 Å². The van der Waals surface area contributed by atoms with Gasteiger partial charge in [-0.1, -0.05) is 189 Å². The number of fused-ring (bicyclic) bond motifs is 9. The van der Waals surface area contributed by atoms with Crippen LogP contribution in [0.4, 0.5) is 0 Å². The molecule has 0 atom stereocenters. The zero-order valence-electron chi connectivity index (χ0n) is 43.3. The first-order valence-corrected chi connectivity index (χ1v) is 28.9. The van der Waals surface area contributed by atoms with Gasteiger partial charge in [-0.05, 0) is 150 Å². The maximum Gasteiger partial charge on any atom is 0.256 e. The van der Waals surface area contributed by atoms with Crippen molar-refractivity contribution in [1.82, 2.24) is 0 Å². The Labute approximate surface area is 429 Å². The first kappa shape index (κ1) is 46.9. The van der Waals surface area contributed by atoms with E-state index in [9.17, 15) is 0 Å². The minimum absolute atomic E-state index is 0.107. The fourth-order valence-corrected chi connectivity index (χ4v) is 15.8. The number of hydrogen-bond donors (Lipinski definition) is 0. The highest BCUT2D eigenvalue weighted by molar-refractivity contribution is 7.80. The molecule has 5 heteroatoms. The molecular weight excluding hydrogens is 915 g/mol. The van der Waals surface area contributed by atoms with E-state index in [1.807, 2.05) is 0 Å². The molecule has 0 fully saturated rings. The van der Waals surface area contributed by atoms with E-state index in [1.54, 1.807) is 0 Å². The predicted molar refractivity (Wildman–Crippen MR) is 307 cm³/mol. The number of ether oxygens (including phenoxy) is 1. The van der Waals surface area contributed by atoms with Gasteiger partial charge in [0, 0.05) is 43.7 Å². The SMILES string of the molecule is CC(C)(C)c1cc(P(c2ccccc2)c2ccccc2)c2c(c1)C(C)(C)c1cc(C(C)(C)C)cc(-p3oc4c(-c5ccccc5)cc5c(c4c4c6c(cc(-c7ccccc7)c4o3)CCCC6)CCCC5)c1O2. The lowest BCUT2D eigenvalue weighted by Gasteiger charge is -2.39. The molecule has 0 amide bonds. The van der Waals surface area contributed by atoms with Crippen molar-refractivity contribution >= 4 is 53.8 Å². The molecule has 0 saturated carbocycles. The van der Waals surface area contributed by atoms with E-state index in [0.717, 1.165) is 77.6 Å². The Kier molecular flexibility index (Phi) is 11.8. The van der Waals surface area contributed by atoms with Crippen LogP contribution in [-0.2, 0) is 41.9 Å². The van der Waals surface area contributed by atoms with Gasteiger partial charge in [-0.2, -0.15) is 0 Å². The van der Waals surface area contributed by atoms with Crippen LogP contribution in [0.5, 0.6) is 11.5 Å². The summed E-state index contributed by atoms with van der Waals surface area (Å²) in [5.74, 6) is 1.81. The molecule has 0 spiro atoms. The third-order valence-corrected chi connectivity index (χ3v) is 19.7. The maximum atomic E-state index is 8.00.